The van der Waals surface area contributed by atoms with Crippen LogP contribution >= 0.6 is 23.4 Å². The van der Waals surface area contributed by atoms with Gasteiger partial charge in [0.15, 0.2) is 5.16 Å². The van der Waals surface area contributed by atoms with Crippen molar-refractivity contribution >= 4 is 41.0 Å². The summed E-state index contributed by atoms with van der Waals surface area (Å²) >= 11 is 7.28. The number of piperazine rings is 1. The minimum atomic E-state index is -0.874. The van der Waals surface area contributed by atoms with Crippen molar-refractivity contribution < 1.29 is 9.59 Å². The summed E-state index contributed by atoms with van der Waals surface area (Å²) < 4.78 is 0. The van der Waals surface area contributed by atoms with Crippen molar-refractivity contribution in [2.24, 2.45) is 0 Å². The van der Waals surface area contributed by atoms with Crippen molar-refractivity contribution in [2.75, 3.05) is 17.7 Å². The second-order valence-electron chi connectivity index (χ2n) is 4.56. The number of anilines is 1. The Morgan fingerprint density at radius 3 is 2.74 bits per heavy atom. The van der Waals surface area contributed by atoms with Crippen LogP contribution in [0.15, 0.2) is 11.2 Å². The van der Waals surface area contributed by atoms with Gasteiger partial charge in [-0.1, -0.05) is 23.4 Å². The Morgan fingerprint density at radius 2 is 2.11 bits per heavy atom. The highest BCUT2D eigenvalue weighted by Gasteiger charge is 2.41. The summed E-state index contributed by atoms with van der Waals surface area (Å²) in [7, 11) is 0. The van der Waals surface area contributed by atoms with Gasteiger partial charge < -0.3 is 4.90 Å². The Labute approximate surface area is 119 Å². The van der Waals surface area contributed by atoms with E-state index < -0.39 is 5.54 Å². The van der Waals surface area contributed by atoms with Crippen LogP contribution in [0.5, 0.6) is 0 Å². The summed E-state index contributed by atoms with van der Waals surface area (Å²) in [6.07, 6.45) is 1.83. The number of thioether (sulfide) groups is 1. The first-order valence-electron chi connectivity index (χ1n) is 5.55. The molecule has 102 valence electrons. The van der Waals surface area contributed by atoms with E-state index >= 15 is 0 Å². The lowest BCUT2D eigenvalue weighted by Gasteiger charge is -2.40. The average Bonchev–Trinajstić information content (AvgIpc) is 2.33. The van der Waals surface area contributed by atoms with Crippen LogP contribution in [0.4, 0.5) is 5.82 Å². The first-order valence-corrected chi connectivity index (χ1v) is 7.15. The van der Waals surface area contributed by atoms with E-state index in [0.717, 1.165) is 0 Å². The maximum Gasteiger partial charge on any atom is 0.251 e. The van der Waals surface area contributed by atoms with Gasteiger partial charge in [0.1, 0.15) is 16.5 Å². The first-order chi connectivity index (χ1) is 8.84. The number of aromatic nitrogens is 2. The minimum absolute atomic E-state index is 0.0555. The fourth-order valence-electron chi connectivity index (χ4n) is 1.77. The number of carbonyl (C=O) groups excluding carboxylic acids is 2. The zero-order valence-electron chi connectivity index (χ0n) is 10.7. The molecule has 0 saturated carbocycles. The highest BCUT2D eigenvalue weighted by atomic mass is 35.5. The fraction of sp³-hybridized carbons (Fsp3) is 0.455. The zero-order valence-corrected chi connectivity index (χ0v) is 12.3. The highest BCUT2D eigenvalue weighted by Crippen LogP contribution is 2.27. The predicted octanol–water partition coefficient (Wildman–Crippen LogP) is 1.09. The molecule has 19 heavy (non-hydrogen) atoms. The Balaban J connectivity index is 2.46. The van der Waals surface area contributed by atoms with E-state index in [2.05, 4.69) is 15.3 Å². The van der Waals surface area contributed by atoms with Crippen molar-refractivity contribution in [3.63, 3.8) is 0 Å². The molecule has 6 nitrogen and oxygen atoms in total. The van der Waals surface area contributed by atoms with Gasteiger partial charge in [0.05, 0.1) is 6.54 Å². The first kappa shape index (κ1) is 14.1. The summed E-state index contributed by atoms with van der Waals surface area (Å²) in [5.74, 6) is -0.244. The van der Waals surface area contributed by atoms with Gasteiger partial charge >= 0.3 is 0 Å². The smallest absolute Gasteiger partial charge is 0.251 e. The molecular formula is C11H13ClN4O2S. The lowest BCUT2D eigenvalue weighted by atomic mass is 9.99. The summed E-state index contributed by atoms with van der Waals surface area (Å²) in [5, 5.41) is 3.09. The third-order valence-electron chi connectivity index (χ3n) is 2.91. The second kappa shape index (κ2) is 4.97. The zero-order chi connectivity index (χ0) is 14.2. The summed E-state index contributed by atoms with van der Waals surface area (Å²) in [6.45, 7) is 3.51. The quantitative estimate of drug-likeness (QED) is 0.381. The van der Waals surface area contributed by atoms with Crippen LogP contribution in [0.3, 0.4) is 0 Å². The normalized spacial score (nSPS) is 18.4. The Morgan fingerprint density at radius 1 is 1.42 bits per heavy atom. The molecule has 2 amide bonds. The molecular weight excluding hydrogens is 288 g/mol. The Kier molecular flexibility index (Phi) is 3.69. The van der Waals surface area contributed by atoms with E-state index in [1.807, 2.05) is 6.26 Å². The van der Waals surface area contributed by atoms with Crippen molar-refractivity contribution in [3.8, 4) is 0 Å². The minimum Gasteiger partial charge on any atom is -0.333 e. The number of halogens is 1. The molecule has 8 heteroatoms. The maximum absolute atomic E-state index is 11.9. The second-order valence-corrected chi connectivity index (χ2v) is 5.72. The third-order valence-corrected chi connectivity index (χ3v) is 3.65. The Bertz CT molecular complexity index is 549. The van der Waals surface area contributed by atoms with Crippen molar-refractivity contribution in [3.05, 3.63) is 11.2 Å². The molecule has 0 unspecified atom stereocenters. The molecule has 0 spiro atoms. The van der Waals surface area contributed by atoms with Gasteiger partial charge in [-0.25, -0.2) is 9.97 Å². The molecule has 1 aromatic heterocycles. The van der Waals surface area contributed by atoms with E-state index in [0.29, 0.717) is 11.0 Å². The molecule has 1 fully saturated rings. The van der Waals surface area contributed by atoms with Crippen LogP contribution in [0.1, 0.15) is 13.8 Å². The van der Waals surface area contributed by atoms with E-state index in [4.69, 9.17) is 11.6 Å². The van der Waals surface area contributed by atoms with Crippen LogP contribution in [-0.2, 0) is 9.59 Å². The topological polar surface area (TPSA) is 75.2 Å². The van der Waals surface area contributed by atoms with E-state index in [-0.39, 0.29) is 23.5 Å². The maximum atomic E-state index is 11.9. The van der Waals surface area contributed by atoms with Gasteiger partial charge in [0, 0.05) is 6.07 Å². The molecule has 0 aromatic carbocycles. The summed E-state index contributed by atoms with van der Waals surface area (Å²) in [4.78, 5) is 33.4. The van der Waals surface area contributed by atoms with E-state index in [1.54, 1.807) is 24.8 Å². The number of rotatable bonds is 2. The molecule has 1 aromatic rings. The number of nitrogens with one attached hydrogen (secondary N) is 1. The molecule has 0 bridgehead atoms. The summed E-state index contributed by atoms with van der Waals surface area (Å²) in [6, 6.07) is 1.55. The van der Waals surface area contributed by atoms with Crippen LogP contribution < -0.4 is 10.2 Å². The molecule has 2 rings (SSSR count). The van der Waals surface area contributed by atoms with Gasteiger partial charge in [0.25, 0.3) is 5.91 Å². The van der Waals surface area contributed by atoms with Crippen LogP contribution in [-0.4, -0.2) is 40.1 Å². The van der Waals surface area contributed by atoms with Crippen molar-refractivity contribution in [2.45, 2.75) is 24.5 Å². The largest absolute Gasteiger partial charge is 0.333 e. The highest BCUT2D eigenvalue weighted by molar-refractivity contribution is 7.98. The molecule has 0 radical (unpaired) electrons. The standard InChI is InChI=1S/C11H13ClN4O2S/c1-11(2)9(18)15-8(17)5-16(11)7-4-6(12)13-10(14-7)19-3/h4H,5H2,1-3H3,(H,15,17,18). The molecule has 1 aliphatic heterocycles. The number of carbonyl (C=O) groups is 2. The molecule has 1 aliphatic rings. The van der Waals surface area contributed by atoms with E-state index in [1.165, 1.54) is 11.8 Å². The van der Waals surface area contributed by atoms with Gasteiger partial charge in [-0.2, -0.15) is 0 Å². The number of imide groups is 1. The monoisotopic (exact) mass is 300 g/mol. The number of amides is 2. The molecule has 2 heterocycles. The SMILES string of the molecule is CSc1nc(Cl)cc(N2CC(=O)NC(=O)C2(C)C)n1. The Hall–Kier alpha value is -1.34. The lowest BCUT2D eigenvalue weighted by Crippen LogP contribution is -2.64. The average molecular weight is 301 g/mol. The van der Waals surface area contributed by atoms with Gasteiger partial charge in [0.2, 0.25) is 5.91 Å². The summed E-state index contributed by atoms with van der Waals surface area (Å²) in [5.41, 5.74) is -0.874. The molecule has 0 aliphatic carbocycles. The lowest BCUT2D eigenvalue weighted by molar-refractivity contribution is -0.135. The van der Waals surface area contributed by atoms with Crippen molar-refractivity contribution in [1.29, 1.82) is 0 Å². The predicted molar refractivity (Wildman–Crippen MR) is 73.4 cm³/mol. The number of nitrogens with zero attached hydrogens (tertiary/aromatic N) is 3. The van der Waals surface area contributed by atoms with Gasteiger partial charge in [-0.15, -0.1) is 0 Å². The molecule has 1 saturated heterocycles. The number of hydrogen-bond acceptors (Lipinski definition) is 6. The van der Waals surface area contributed by atoms with Crippen LogP contribution in [0.25, 0.3) is 0 Å². The molecule has 1 N–H and O–H groups in total. The van der Waals surface area contributed by atoms with Crippen LogP contribution in [0.2, 0.25) is 5.15 Å². The van der Waals surface area contributed by atoms with Crippen molar-refractivity contribution in [1.82, 2.24) is 15.3 Å². The van der Waals surface area contributed by atoms with Gasteiger partial charge in [-0.3, -0.25) is 14.9 Å². The molecule has 0 atom stereocenters. The van der Waals surface area contributed by atoms with E-state index in [9.17, 15) is 9.59 Å². The third kappa shape index (κ3) is 2.66. The number of hydrogen-bond donors (Lipinski definition) is 1. The van der Waals surface area contributed by atoms with Crippen LogP contribution in [0, 0.1) is 0 Å². The fourth-order valence-corrected chi connectivity index (χ4v) is 2.37. The van der Waals surface area contributed by atoms with Gasteiger partial charge in [-0.05, 0) is 20.1 Å².